The first-order valence-corrected chi connectivity index (χ1v) is 6.84. The molecule has 0 spiro atoms. The average Bonchev–Trinajstić information content (AvgIpc) is 2.50. The molecule has 21 heavy (non-hydrogen) atoms. The molecular weight excluding hydrogens is 268 g/mol. The average molecular weight is 283 g/mol. The molecule has 1 unspecified atom stereocenters. The quantitative estimate of drug-likeness (QED) is 0.688. The first-order valence-electron chi connectivity index (χ1n) is 6.84. The number of benzene rings is 3. The van der Waals surface area contributed by atoms with E-state index in [0.29, 0.717) is 5.56 Å². The van der Waals surface area contributed by atoms with E-state index in [-0.39, 0.29) is 6.04 Å². The molecule has 3 rings (SSSR count). The normalized spacial score (nSPS) is 12.3. The molecule has 0 saturated heterocycles. The predicted molar refractivity (Wildman–Crippen MR) is 82.3 cm³/mol. The van der Waals surface area contributed by atoms with Crippen LogP contribution in [0.3, 0.4) is 0 Å². The lowest BCUT2D eigenvalue weighted by Crippen LogP contribution is -2.07. The van der Waals surface area contributed by atoms with Gasteiger partial charge < -0.3 is 5.32 Å². The van der Waals surface area contributed by atoms with Crippen molar-refractivity contribution in [1.82, 2.24) is 0 Å². The van der Waals surface area contributed by atoms with Gasteiger partial charge in [0.15, 0.2) is 11.6 Å². The summed E-state index contributed by atoms with van der Waals surface area (Å²) in [5.41, 5.74) is 1.66. The van der Waals surface area contributed by atoms with Gasteiger partial charge in [-0.15, -0.1) is 0 Å². The fourth-order valence-corrected chi connectivity index (χ4v) is 2.39. The van der Waals surface area contributed by atoms with Crippen LogP contribution in [0.25, 0.3) is 10.8 Å². The van der Waals surface area contributed by atoms with E-state index >= 15 is 0 Å². The third kappa shape index (κ3) is 2.87. The van der Waals surface area contributed by atoms with Crippen molar-refractivity contribution in [2.45, 2.75) is 13.0 Å². The maximum Gasteiger partial charge on any atom is 0.159 e. The van der Waals surface area contributed by atoms with Gasteiger partial charge in [0.05, 0.1) is 0 Å². The van der Waals surface area contributed by atoms with Crippen LogP contribution >= 0.6 is 0 Å². The molecule has 3 heteroatoms. The zero-order chi connectivity index (χ0) is 14.8. The number of rotatable bonds is 3. The molecule has 0 aliphatic heterocycles. The van der Waals surface area contributed by atoms with Gasteiger partial charge in [-0.1, -0.05) is 36.4 Å². The largest absolute Gasteiger partial charge is 0.379 e. The van der Waals surface area contributed by atoms with Gasteiger partial charge in [0.25, 0.3) is 0 Å². The highest BCUT2D eigenvalue weighted by Crippen LogP contribution is 2.24. The summed E-state index contributed by atoms with van der Waals surface area (Å²) in [5, 5.41) is 5.62. The van der Waals surface area contributed by atoms with Crippen molar-refractivity contribution >= 4 is 16.5 Å². The highest BCUT2D eigenvalue weighted by Gasteiger charge is 2.09. The molecule has 0 radical (unpaired) electrons. The van der Waals surface area contributed by atoms with Gasteiger partial charge in [0.2, 0.25) is 0 Å². The van der Waals surface area contributed by atoms with Crippen LogP contribution in [-0.4, -0.2) is 0 Å². The number of anilines is 1. The molecule has 0 aliphatic rings. The van der Waals surface area contributed by atoms with Gasteiger partial charge in [0.1, 0.15) is 0 Å². The maximum absolute atomic E-state index is 13.3. The summed E-state index contributed by atoms with van der Waals surface area (Å²) in [6.07, 6.45) is 0. The van der Waals surface area contributed by atoms with Crippen LogP contribution in [0, 0.1) is 11.6 Å². The molecule has 0 aromatic heterocycles. The van der Waals surface area contributed by atoms with Crippen molar-refractivity contribution in [3.8, 4) is 0 Å². The molecular formula is C18H15F2N. The minimum atomic E-state index is -0.823. The first-order chi connectivity index (χ1) is 10.1. The molecule has 0 bridgehead atoms. The van der Waals surface area contributed by atoms with Crippen LogP contribution in [0.2, 0.25) is 0 Å². The number of nitrogens with one attached hydrogen (secondary N) is 1. The number of hydrogen-bond donors (Lipinski definition) is 1. The first kappa shape index (κ1) is 13.6. The second kappa shape index (κ2) is 5.52. The van der Waals surface area contributed by atoms with Crippen molar-refractivity contribution < 1.29 is 8.78 Å². The fourth-order valence-electron chi connectivity index (χ4n) is 2.39. The van der Waals surface area contributed by atoms with Crippen LogP contribution in [0.15, 0.2) is 60.7 Å². The number of halogens is 2. The van der Waals surface area contributed by atoms with E-state index in [1.807, 2.05) is 43.3 Å². The van der Waals surface area contributed by atoms with Gasteiger partial charge in [-0.2, -0.15) is 0 Å². The summed E-state index contributed by atoms with van der Waals surface area (Å²) >= 11 is 0. The monoisotopic (exact) mass is 283 g/mol. The van der Waals surface area contributed by atoms with E-state index in [9.17, 15) is 8.78 Å². The van der Waals surface area contributed by atoms with Crippen LogP contribution in [0.1, 0.15) is 18.5 Å². The van der Waals surface area contributed by atoms with Gasteiger partial charge in [-0.3, -0.25) is 0 Å². The van der Waals surface area contributed by atoms with Crippen molar-refractivity contribution in [2.75, 3.05) is 5.32 Å². The molecule has 0 heterocycles. The van der Waals surface area contributed by atoms with Crippen molar-refractivity contribution in [3.05, 3.63) is 77.9 Å². The standard InChI is InChI=1S/C18H15F2N/c1-12(14-7-9-17(19)18(20)11-14)21-16-8-6-13-4-2-3-5-15(13)10-16/h2-12,21H,1H3. The predicted octanol–water partition coefficient (Wildman–Crippen LogP) is 5.29. The van der Waals surface area contributed by atoms with Crippen LogP contribution in [0.4, 0.5) is 14.5 Å². The van der Waals surface area contributed by atoms with Crippen LogP contribution in [0.5, 0.6) is 0 Å². The molecule has 106 valence electrons. The molecule has 0 aliphatic carbocycles. The highest BCUT2D eigenvalue weighted by atomic mass is 19.2. The van der Waals surface area contributed by atoms with E-state index in [1.165, 1.54) is 11.5 Å². The highest BCUT2D eigenvalue weighted by molar-refractivity contribution is 5.85. The maximum atomic E-state index is 13.3. The molecule has 3 aromatic carbocycles. The zero-order valence-electron chi connectivity index (χ0n) is 11.6. The van der Waals surface area contributed by atoms with E-state index in [4.69, 9.17) is 0 Å². The zero-order valence-corrected chi connectivity index (χ0v) is 11.6. The summed E-state index contributed by atoms with van der Waals surface area (Å²) in [6.45, 7) is 1.92. The summed E-state index contributed by atoms with van der Waals surface area (Å²) in [4.78, 5) is 0. The van der Waals surface area contributed by atoms with E-state index in [0.717, 1.165) is 17.1 Å². The Bertz CT molecular complexity index is 783. The Morgan fingerprint density at radius 1 is 0.810 bits per heavy atom. The lowest BCUT2D eigenvalue weighted by Gasteiger charge is -2.16. The Morgan fingerprint density at radius 3 is 2.33 bits per heavy atom. The smallest absolute Gasteiger partial charge is 0.159 e. The third-order valence-electron chi connectivity index (χ3n) is 3.58. The lowest BCUT2D eigenvalue weighted by molar-refractivity contribution is 0.506. The van der Waals surface area contributed by atoms with Crippen LogP contribution in [-0.2, 0) is 0 Å². The Labute approximate surface area is 122 Å². The molecule has 3 aromatic rings. The van der Waals surface area contributed by atoms with E-state index in [1.54, 1.807) is 6.07 Å². The second-order valence-corrected chi connectivity index (χ2v) is 5.10. The SMILES string of the molecule is CC(Nc1ccc2ccccc2c1)c1ccc(F)c(F)c1. The number of hydrogen-bond acceptors (Lipinski definition) is 1. The summed E-state index contributed by atoms with van der Waals surface area (Å²) < 4.78 is 26.3. The van der Waals surface area contributed by atoms with E-state index in [2.05, 4.69) is 11.4 Å². The summed E-state index contributed by atoms with van der Waals surface area (Å²) in [5.74, 6) is -1.64. The molecule has 1 atom stereocenters. The Kier molecular flexibility index (Phi) is 3.57. The van der Waals surface area contributed by atoms with Crippen molar-refractivity contribution in [2.24, 2.45) is 0 Å². The molecule has 0 saturated carbocycles. The van der Waals surface area contributed by atoms with Gasteiger partial charge in [-0.25, -0.2) is 8.78 Å². The van der Waals surface area contributed by atoms with Gasteiger partial charge >= 0.3 is 0 Å². The second-order valence-electron chi connectivity index (χ2n) is 5.10. The lowest BCUT2D eigenvalue weighted by atomic mass is 10.1. The minimum absolute atomic E-state index is 0.110. The topological polar surface area (TPSA) is 12.0 Å². The van der Waals surface area contributed by atoms with E-state index < -0.39 is 11.6 Å². The van der Waals surface area contributed by atoms with Crippen molar-refractivity contribution in [3.63, 3.8) is 0 Å². The third-order valence-corrected chi connectivity index (χ3v) is 3.58. The molecule has 0 amide bonds. The molecule has 1 N–H and O–H groups in total. The molecule has 1 nitrogen and oxygen atoms in total. The Balaban J connectivity index is 1.85. The summed E-state index contributed by atoms with van der Waals surface area (Å²) in [7, 11) is 0. The van der Waals surface area contributed by atoms with Crippen LogP contribution < -0.4 is 5.32 Å². The van der Waals surface area contributed by atoms with Gasteiger partial charge in [-0.05, 0) is 47.5 Å². The van der Waals surface area contributed by atoms with Gasteiger partial charge in [0, 0.05) is 11.7 Å². The number of fused-ring (bicyclic) bond motifs is 1. The summed E-state index contributed by atoms with van der Waals surface area (Å²) in [6, 6.07) is 18.0. The fraction of sp³-hybridized carbons (Fsp3) is 0.111. The Hall–Kier alpha value is -2.42. The molecule has 0 fully saturated rings. The van der Waals surface area contributed by atoms with Crippen molar-refractivity contribution in [1.29, 1.82) is 0 Å². The minimum Gasteiger partial charge on any atom is -0.379 e. The Morgan fingerprint density at radius 2 is 1.57 bits per heavy atom.